The first kappa shape index (κ1) is 24.8. The third kappa shape index (κ3) is 4.10. The lowest BCUT2D eigenvalue weighted by atomic mass is 9.64. The number of nitrogens with zero attached hydrogens (tertiary/aromatic N) is 2. The predicted molar refractivity (Wildman–Crippen MR) is 130 cm³/mol. The molecule has 192 valence electrons. The molecule has 2 aliphatic carbocycles. The van der Waals surface area contributed by atoms with E-state index in [-0.39, 0.29) is 29.8 Å². The third-order valence-corrected chi connectivity index (χ3v) is 9.48. The van der Waals surface area contributed by atoms with E-state index in [9.17, 15) is 26.8 Å². The number of halogens is 2. The molecule has 1 heterocycles. The second kappa shape index (κ2) is 8.92. The van der Waals surface area contributed by atoms with E-state index in [0.29, 0.717) is 35.6 Å². The molecule has 0 aromatic heterocycles. The molecule has 0 radical (unpaired) electrons. The third-order valence-electron chi connectivity index (χ3n) is 8.07. The number of hydrogen-bond donors (Lipinski definition) is 1. The van der Waals surface area contributed by atoms with Crippen LogP contribution in [0, 0.1) is 11.6 Å². The maximum Gasteiger partial charge on any atom is 0.264 e. The van der Waals surface area contributed by atoms with Crippen LogP contribution >= 0.6 is 0 Å². The lowest BCUT2D eigenvalue weighted by molar-refractivity contribution is -0.125. The zero-order valence-corrected chi connectivity index (χ0v) is 21.1. The van der Waals surface area contributed by atoms with E-state index in [4.69, 9.17) is 0 Å². The Balaban J connectivity index is 1.54. The van der Waals surface area contributed by atoms with Gasteiger partial charge < -0.3 is 9.80 Å². The van der Waals surface area contributed by atoms with Crippen molar-refractivity contribution in [3.8, 4) is 0 Å². The zero-order chi connectivity index (χ0) is 25.8. The Morgan fingerprint density at radius 2 is 1.83 bits per heavy atom. The Morgan fingerprint density at radius 1 is 1.14 bits per heavy atom. The molecular weight excluding hydrogens is 488 g/mol. The van der Waals surface area contributed by atoms with Gasteiger partial charge in [-0.1, -0.05) is 6.42 Å². The fraction of sp³-hybridized carbons (Fsp3) is 0.462. The molecule has 2 aromatic rings. The maximum atomic E-state index is 14.3. The molecule has 2 aromatic carbocycles. The van der Waals surface area contributed by atoms with Crippen molar-refractivity contribution >= 4 is 27.4 Å². The minimum absolute atomic E-state index is 0.0350. The first-order chi connectivity index (χ1) is 17.0. The van der Waals surface area contributed by atoms with Gasteiger partial charge in [0, 0.05) is 36.8 Å². The highest BCUT2D eigenvalue weighted by molar-refractivity contribution is 7.92. The molecule has 0 bridgehead atoms. The first-order valence-corrected chi connectivity index (χ1v) is 13.6. The van der Waals surface area contributed by atoms with Gasteiger partial charge in [0.25, 0.3) is 15.9 Å². The number of ketones is 1. The van der Waals surface area contributed by atoms with E-state index in [1.54, 1.807) is 18.0 Å². The number of hydrogen-bond acceptors (Lipinski definition) is 5. The highest BCUT2D eigenvalue weighted by Crippen LogP contribution is 2.52. The molecule has 3 aliphatic rings. The summed E-state index contributed by atoms with van der Waals surface area (Å²) in [5.41, 5.74) is 1.01. The molecule has 1 saturated heterocycles. The average Bonchev–Trinajstić information content (AvgIpc) is 3.09. The van der Waals surface area contributed by atoms with Crippen LogP contribution < -0.4 is 4.72 Å². The Hall–Kier alpha value is -2.85. The lowest BCUT2D eigenvalue weighted by Crippen LogP contribution is -2.44. The molecule has 1 aliphatic heterocycles. The molecular formula is C26H29F2N3O4S. The Morgan fingerprint density at radius 3 is 2.44 bits per heavy atom. The van der Waals surface area contributed by atoms with Crippen molar-refractivity contribution < 1.29 is 26.8 Å². The normalized spacial score (nSPS) is 19.7. The number of fused-ring (bicyclic) bond motifs is 2. The van der Waals surface area contributed by atoms with Gasteiger partial charge in [0.2, 0.25) is 0 Å². The second-order valence-electron chi connectivity index (χ2n) is 10.2. The number of carbonyl (C=O) groups excluding carboxylic acids is 2. The van der Waals surface area contributed by atoms with Crippen LogP contribution in [-0.4, -0.2) is 63.1 Å². The van der Waals surface area contributed by atoms with Crippen LogP contribution in [0.4, 0.5) is 14.5 Å². The number of rotatable bonds is 5. The van der Waals surface area contributed by atoms with E-state index in [1.807, 2.05) is 7.05 Å². The second-order valence-corrected chi connectivity index (χ2v) is 11.9. The van der Waals surface area contributed by atoms with Crippen molar-refractivity contribution in [3.05, 3.63) is 58.7 Å². The SMILES string of the molecule is CN1CCC(N(C)C(=O)c2cc(NS(=O)(=O)c3ccc(F)cc3F)cc3c2CC(=O)C32CCC2)CC1. The van der Waals surface area contributed by atoms with Crippen LogP contribution in [0.3, 0.4) is 0 Å². The van der Waals surface area contributed by atoms with Gasteiger partial charge in [-0.05, 0) is 81.2 Å². The first-order valence-electron chi connectivity index (χ1n) is 12.2. The molecule has 10 heteroatoms. The minimum atomic E-state index is -4.41. The Kier molecular flexibility index (Phi) is 6.15. The molecule has 36 heavy (non-hydrogen) atoms. The fourth-order valence-corrected chi connectivity index (χ4v) is 6.84. The van der Waals surface area contributed by atoms with Crippen molar-refractivity contribution in [3.63, 3.8) is 0 Å². The van der Waals surface area contributed by atoms with Crippen molar-refractivity contribution in [2.45, 2.75) is 54.9 Å². The summed E-state index contributed by atoms with van der Waals surface area (Å²) < 4.78 is 56.0. The van der Waals surface area contributed by atoms with Crippen LogP contribution in [-0.2, 0) is 26.7 Å². The topological polar surface area (TPSA) is 86.8 Å². The number of sulfonamides is 1. The minimum Gasteiger partial charge on any atom is -0.339 e. The van der Waals surface area contributed by atoms with Gasteiger partial charge in [0.1, 0.15) is 22.3 Å². The Labute approximate surface area is 209 Å². The molecule has 7 nitrogen and oxygen atoms in total. The van der Waals surface area contributed by atoms with Gasteiger partial charge in [-0.15, -0.1) is 0 Å². The summed E-state index contributed by atoms with van der Waals surface area (Å²) in [6.45, 7) is 1.73. The standard InChI is InChI=1S/C26H29F2N3O4S/c1-30-10-6-18(7-11-30)31(2)25(33)20-13-17(14-21-19(20)15-24(32)26(21)8-3-9-26)29-36(34,35)23-5-4-16(27)12-22(23)28/h4-5,12-14,18,29H,3,6-11,15H2,1-2H3. The van der Waals surface area contributed by atoms with Crippen LogP contribution in [0.25, 0.3) is 0 Å². The van der Waals surface area contributed by atoms with Crippen molar-refractivity contribution in [2.24, 2.45) is 0 Å². The smallest absolute Gasteiger partial charge is 0.264 e. The van der Waals surface area contributed by atoms with Gasteiger partial charge in [-0.3, -0.25) is 14.3 Å². The van der Waals surface area contributed by atoms with Gasteiger partial charge in [-0.25, -0.2) is 17.2 Å². The van der Waals surface area contributed by atoms with Crippen LogP contribution in [0.15, 0.2) is 35.2 Å². The summed E-state index contributed by atoms with van der Waals surface area (Å²) in [6.07, 6.45) is 3.96. The van der Waals surface area contributed by atoms with Crippen LogP contribution in [0.1, 0.15) is 53.6 Å². The van der Waals surface area contributed by atoms with E-state index < -0.39 is 32.0 Å². The number of Topliss-reactive ketones (excluding diaryl/α,β-unsaturated/α-hetero) is 1. The fourth-order valence-electron chi connectivity index (χ4n) is 5.74. The number of carbonyl (C=O) groups is 2. The van der Waals surface area contributed by atoms with Crippen LogP contribution in [0.5, 0.6) is 0 Å². The highest BCUT2D eigenvalue weighted by Gasteiger charge is 2.51. The van der Waals surface area contributed by atoms with E-state index in [1.165, 1.54) is 6.07 Å². The Bertz CT molecular complexity index is 1350. The molecule has 1 spiro atoms. The molecule has 1 saturated carbocycles. The number of amides is 1. The number of likely N-dealkylation sites (tertiary alicyclic amines) is 1. The summed E-state index contributed by atoms with van der Waals surface area (Å²) in [7, 11) is -0.637. The van der Waals surface area contributed by atoms with Gasteiger partial charge in [0.05, 0.1) is 5.41 Å². The van der Waals surface area contributed by atoms with Crippen molar-refractivity contribution in [1.82, 2.24) is 9.80 Å². The molecule has 0 atom stereocenters. The maximum absolute atomic E-state index is 14.3. The molecule has 5 rings (SSSR count). The van der Waals surface area contributed by atoms with Crippen LogP contribution in [0.2, 0.25) is 0 Å². The number of benzene rings is 2. The van der Waals surface area contributed by atoms with E-state index in [0.717, 1.165) is 44.5 Å². The highest BCUT2D eigenvalue weighted by atomic mass is 32.2. The zero-order valence-electron chi connectivity index (χ0n) is 20.3. The molecule has 1 N–H and O–H groups in total. The summed E-state index contributed by atoms with van der Waals surface area (Å²) in [5.74, 6) is -2.32. The van der Waals surface area contributed by atoms with E-state index in [2.05, 4.69) is 9.62 Å². The van der Waals surface area contributed by atoms with Gasteiger partial charge in [-0.2, -0.15) is 0 Å². The summed E-state index contributed by atoms with van der Waals surface area (Å²) in [4.78, 5) is 30.0. The predicted octanol–water partition coefficient (Wildman–Crippen LogP) is 3.48. The van der Waals surface area contributed by atoms with Gasteiger partial charge >= 0.3 is 0 Å². The number of piperidine rings is 1. The molecule has 1 amide bonds. The molecule has 2 fully saturated rings. The van der Waals surface area contributed by atoms with Crippen molar-refractivity contribution in [2.75, 3.05) is 31.9 Å². The average molecular weight is 518 g/mol. The monoisotopic (exact) mass is 517 g/mol. The summed E-state index contributed by atoms with van der Waals surface area (Å²) >= 11 is 0. The summed E-state index contributed by atoms with van der Waals surface area (Å²) in [6, 6.07) is 5.31. The van der Waals surface area contributed by atoms with E-state index >= 15 is 0 Å². The lowest BCUT2D eigenvalue weighted by Gasteiger charge is -2.38. The van der Waals surface area contributed by atoms with Crippen molar-refractivity contribution in [1.29, 1.82) is 0 Å². The quantitative estimate of drug-likeness (QED) is 0.656. The summed E-state index contributed by atoms with van der Waals surface area (Å²) in [5, 5.41) is 0. The number of nitrogens with one attached hydrogen (secondary N) is 1. The van der Waals surface area contributed by atoms with Gasteiger partial charge in [0.15, 0.2) is 0 Å². The number of anilines is 1. The largest absolute Gasteiger partial charge is 0.339 e. The molecule has 0 unspecified atom stereocenters.